The summed E-state index contributed by atoms with van der Waals surface area (Å²) < 4.78 is 2.71. The van der Waals surface area contributed by atoms with Gasteiger partial charge in [0.1, 0.15) is 6.20 Å². The van der Waals surface area contributed by atoms with Crippen LogP contribution in [0.1, 0.15) is 0 Å². The third kappa shape index (κ3) is 1.15. The molecule has 0 fully saturated rings. The maximum Gasteiger partial charge on any atom is 0.100 e. The van der Waals surface area contributed by atoms with Crippen LogP contribution in [0.4, 0.5) is 0 Å². The Hall–Kier alpha value is -0.0600. The number of rotatable bonds is 0. The van der Waals surface area contributed by atoms with E-state index in [1.54, 1.807) is 10.9 Å². The molecule has 1 heterocycles. The molecule has 1 aromatic heterocycles. The van der Waals surface area contributed by atoms with Crippen LogP contribution in [0.5, 0.6) is 0 Å². The van der Waals surface area contributed by atoms with Crippen molar-refractivity contribution in [3.8, 4) is 0 Å². The first-order valence-electron chi connectivity index (χ1n) is 1.86. The number of hydrogen-bond acceptors (Lipinski definition) is 1. The zero-order valence-corrected chi connectivity index (χ0v) is 6.01. The molecule has 0 N–H and O–H groups in total. The maximum atomic E-state index is 3.87. The number of nitrogens with zero attached hydrogens (tertiary/aromatic N) is 2. The Morgan fingerprint density at radius 1 is 2.00 bits per heavy atom. The fraction of sp³-hybridized carbons (Fsp3) is 0.250. The van der Waals surface area contributed by atoms with Crippen LogP contribution in [0.15, 0.2) is 6.20 Å². The van der Waals surface area contributed by atoms with Crippen LogP contribution < -0.4 is 0 Å². The molecule has 37 valence electrons. The molecule has 2 nitrogen and oxygen atoms in total. The Morgan fingerprint density at radius 2 is 2.71 bits per heavy atom. The minimum atomic E-state index is 1.06. The molecule has 1 radical (unpaired) electrons. The molecule has 0 aromatic carbocycles. The van der Waals surface area contributed by atoms with Crippen molar-refractivity contribution in [2.24, 2.45) is 7.05 Å². The van der Waals surface area contributed by atoms with Gasteiger partial charge in [-0.15, -0.1) is 0 Å². The van der Waals surface area contributed by atoms with E-state index in [0.29, 0.717) is 0 Å². The monoisotopic (exact) mass is 207 g/mol. The normalized spacial score (nSPS) is 9.43. The average molecular weight is 207 g/mol. The maximum absolute atomic E-state index is 3.87. The van der Waals surface area contributed by atoms with Gasteiger partial charge < -0.3 is 0 Å². The topological polar surface area (TPSA) is 17.8 Å². The lowest BCUT2D eigenvalue weighted by Crippen LogP contribution is -1.84. The van der Waals surface area contributed by atoms with Crippen molar-refractivity contribution in [3.63, 3.8) is 0 Å². The molecule has 0 saturated carbocycles. The molecule has 0 aliphatic carbocycles. The quantitative estimate of drug-likeness (QED) is 0.576. The number of aromatic nitrogens is 2. The first-order valence-corrected chi connectivity index (χ1v) is 2.94. The SMILES string of the molecule is Cn1[c]c(I)cn1. The summed E-state index contributed by atoms with van der Waals surface area (Å²) in [5.41, 5.74) is 0. The van der Waals surface area contributed by atoms with Gasteiger partial charge in [0.2, 0.25) is 0 Å². The number of aryl methyl sites for hydroxylation is 1. The van der Waals surface area contributed by atoms with Crippen molar-refractivity contribution >= 4 is 22.6 Å². The van der Waals surface area contributed by atoms with Crippen molar-refractivity contribution < 1.29 is 0 Å². The molecule has 7 heavy (non-hydrogen) atoms. The van der Waals surface area contributed by atoms with E-state index in [1.807, 2.05) is 7.05 Å². The Kier molecular flexibility index (Phi) is 1.32. The summed E-state index contributed by atoms with van der Waals surface area (Å²) >= 11 is 2.16. The minimum absolute atomic E-state index is 1.06. The van der Waals surface area contributed by atoms with Gasteiger partial charge in [0, 0.05) is 7.05 Å². The largest absolute Gasteiger partial charge is 0.265 e. The van der Waals surface area contributed by atoms with E-state index < -0.39 is 0 Å². The fourth-order valence-electron chi connectivity index (χ4n) is 0.350. The Bertz CT molecular complexity index is 142. The number of halogens is 1. The summed E-state index contributed by atoms with van der Waals surface area (Å²) in [6.45, 7) is 0. The van der Waals surface area contributed by atoms with Crippen LogP contribution in [-0.4, -0.2) is 9.78 Å². The summed E-state index contributed by atoms with van der Waals surface area (Å²) in [6.07, 6.45) is 4.70. The van der Waals surface area contributed by atoms with Crippen molar-refractivity contribution in [2.75, 3.05) is 0 Å². The van der Waals surface area contributed by atoms with E-state index in [9.17, 15) is 0 Å². The predicted molar refractivity (Wildman–Crippen MR) is 34.8 cm³/mol. The molecule has 0 bridgehead atoms. The average Bonchev–Trinajstić information content (AvgIpc) is 1.87. The van der Waals surface area contributed by atoms with Gasteiger partial charge >= 0.3 is 0 Å². The van der Waals surface area contributed by atoms with Gasteiger partial charge in [0.05, 0.1) is 9.77 Å². The third-order valence-electron chi connectivity index (χ3n) is 0.613. The van der Waals surface area contributed by atoms with E-state index in [2.05, 4.69) is 33.9 Å². The van der Waals surface area contributed by atoms with Crippen molar-refractivity contribution in [1.29, 1.82) is 0 Å². The molecular formula is C4H4IN2. The summed E-state index contributed by atoms with van der Waals surface area (Å²) in [5.74, 6) is 0. The van der Waals surface area contributed by atoms with Gasteiger partial charge in [-0.05, 0) is 22.6 Å². The van der Waals surface area contributed by atoms with E-state index in [4.69, 9.17) is 0 Å². The highest BCUT2D eigenvalue weighted by Gasteiger charge is 1.85. The van der Waals surface area contributed by atoms with Crippen LogP contribution in [-0.2, 0) is 7.05 Å². The van der Waals surface area contributed by atoms with Crippen molar-refractivity contribution in [1.82, 2.24) is 9.78 Å². The van der Waals surface area contributed by atoms with E-state index in [-0.39, 0.29) is 0 Å². The van der Waals surface area contributed by atoms with Crippen molar-refractivity contribution in [2.45, 2.75) is 0 Å². The lowest BCUT2D eigenvalue weighted by Gasteiger charge is -1.76. The first-order chi connectivity index (χ1) is 3.29. The standard InChI is InChI=1S/C4H4IN2/c1-7-3-4(5)2-6-7/h2H,1H3. The molecule has 0 amide bonds. The molecule has 0 spiro atoms. The first kappa shape index (κ1) is 5.08. The Labute approximate surface area is 55.7 Å². The zero-order chi connectivity index (χ0) is 5.28. The number of hydrogen-bond donors (Lipinski definition) is 0. The highest BCUT2D eigenvalue weighted by molar-refractivity contribution is 14.1. The highest BCUT2D eigenvalue weighted by atomic mass is 127. The summed E-state index contributed by atoms with van der Waals surface area (Å²) in [4.78, 5) is 0. The molecule has 0 saturated heterocycles. The Morgan fingerprint density at radius 3 is 2.86 bits per heavy atom. The van der Waals surface area contributed by atoms with Crippen LogP contribution in [0.2, 0.25) is 0 Å². The lowest BCUT2D eigenvalue weighted by molar-refractivity contribution is 0.761. The minimum Gasteiger partial charge on any atom is -0.265 e. The van der Waals surface area contributed by atoms with E-state index >= 15 is 0 Å². The molecule has 0 aliphatic rings. The van der Waals surface area contributed by atoms with Gasteiger partial charge in [-0.25, -0.2) is 0 Å². The van der Waals surface area contributed by atoms with Crippen molar-refractivity contribution in [3.05, 3.63) is 16.0 Å². The molecule has 0 aliphatic heterocycles. The summed E-state index contributed by atoms with van der Waals surface area (Å²) in [5, 5.41) is 3.87. The van der Waals surface area contributed by atoms with Crippen LogP contribution in [0.25, 0.3) is 0 Å². The van der Waals surface area contributed by atoms with E-state index in [0.717, 1.165) is 3.57 Å². The molecule has 1 aromatic rings. The van der Waals surface area contributed by atoms with Gasteiger partial charge in [-0.2, -0.15) is 5.10 Å². The van der Waals surface area contributed by atoms with E-state index in [1.165, 1.54) is 0 Å². The van der Waals surface area contributed by atoms with Gasteiger partial charge in [0.25, 0.3) is 0 Å². The van der Waals surface area contributed by atoms with Crippen LogP contribution in [0.3, 0.4) is 0 Å². The molecule has 3 heteroatoms. The molecule has 0 atom stereocenters. The zero-order valence-electron chi connectivity index (χ0n) is 3.85. The van der Waals surface area contributed by atoms with Gasteiger partial charge in [-0.3, -0.25) is 4.68 Å². The fourth-order valence-corrected chi connectivity index (χ4v) is 0.823. The predicted octanol–water partition coefficient (Wildman–Crippen LogP) is 0.825. The summed E-state index contributed by atoms with van der Waals surface area (Å²) in [7, 11) is 1.85. The third-order valence-corrected chi connectivity index (χ3v) is 1.13. The molecular weight excluding hydrogens is 203 g/mol. The van der Waals surface area contributed by atoms with Gasteiger partial charge in [0.15, 0.2) is 0 Å². The second-order valence-electron chi connectivity index (χ2n) is 1.23. The molecule has 1 rings (SSSR count). The Balaban J connectivity index is 3.04. The second kappa shape index (κ2) is 1.81. The van der Waals surface area contributed by atoms with Crippen LogP contribution in [0, 0.1) is 9.77 Å². The van der Waals surface area contributed by atoms with Crippen LogP contribution >= 0.6 is 22.6 Å². The highest BCUT2D eigenvalue weighted by Crippen LogP contribution is 1.96. The molecule has 0 unspecified atom stereocenters. The lowest BCUT2D eigenvalue weighted by atomic mass is 10.8. The smallest absolute Gasteiger partial charge is 0.100 e. The van der Waals surface area contributed by atoms with Gasteiger partial charge in [-0.1, -0.05) is 0 Å². The second-order valence-corrected chi connectivity index (χ2v) is 2.39. The summed E-state index contributed by atoms with van der Waals surface area (Å²) in [6, 6.07) is 0.